The summed E-state index contributed by atoms with van der Waals surface area (Å²) in [4.78, 5) is 11.8. The quantitative estimate of drug-likeness (QED) is 0.551. The third-order valence-corrected chi connectivity index (χ3v) is 6.20. The van der Waals surface area contributed by atoms with Crippen LogP contribution >= 0.6 is 11.6 Å². The van der Waals surface area contributed by atoms with E-state index in [0.717, 1.165) is 11.1 Å². The van der Waals surface area contributed by atoms with E-state index in [9.17, 15) is 13.2 Å². The molecule has 3 rings (SSSR count). The summed E-state index contributed by atoms with van der Waals surface area (Å²) in [5, 5.41) is 2.44. The highest BCUT2D eigenvalue weighted by atomic mass is 35.5. The van der Waals surface area contributed by atoms with E-state index in [1.165, 1.54) is 33.4 Å². The summed E-state index contributed by atoms with van der Waals surface area (Å²) in [6, 6.07) is 17.2. The van der Waals surface area contributed by atoms with Gasteiger partial charge in [-0.15, -0.1) is 0 Å². The Morgan fingerprint density at radius 1 is 0.935 bits per heavy atom. The summed E-state index contributed by atoms with van der Waals surface area (Å²) in [5.41, 5.74) is 2.02. The van der Waals surface area contributed by atoms with E-state index in [2.05, 4.69) is 10.0 Å². The molecule has 0 spiro atoms. The molecular weight excluding hydrogens is 440 g/mol. The zero-order chi connectivity index (χ0) is 22.6. The van der Waals surface area contributed by atoms with Crippen LogP contribution in [-0.4, -0.2) is 35.6 Å². The van der Waals surface area contributed by atoms with Gasteiger partial charge in [-0.3, -0.25) is 9.52 Å². The standard InChI is InChI=1S/C22H21ClN2O5S/c1-24-22(26)16-11-17(23)21(30-3)20(13-16)31(27,28)25-18-12-15(9-10-19(18)29-2)14-7-5-4-6-8-14/h4-13,25H,1-3H3,(H,24,26). The van der Waals surface area contributed by atoms with Gasteiger partial charge in [-0.25, -0.2) is 8.42 Å². The second-order valence-corrected chi connectivity index (χ2v) is 8.51. The van der Waals surface area contributed by atoms with E-state index in [0.29, 0.717) is 5.75 Å². The smallest absolute Gasteiger partial charge is 0.265 e. The molecule has 3 aromatic carbocycles. The van der Waals surface area contributed by atoms with E-state index >= 15 is 0 Å². The number of halogens is 1. The van der Waals surface area contributed by atoms with Gasteiger partial charge in [0.15, 0.2) is 5.75 Å². The largest absolute Gasteiger partial charge is 0.495 e. The summed E-state index contributed by atoms with van der Waals surface area (Å²) in [7, 11) is -0.0110. The topological polar surface area (TPSA) is 93.7 Å². The second kappa shape index (κ2) is 9.28. The monoisotopic (exact) mass is 460 g/mol. The lowest BCUT2D eigenvalue weighted by atomic mass is 10.1. The molecule has 9 heteroatoms. The Hall–Kier alpha value is -3.23. The minimum Gasteiger partial charge on any atom is -0.495 e. The van der Waals surface area contributed by atoms with Crippen molar-refractivity contribution in [3.05, 3.63) is 71.2 Å². The fourth-order valence-electron chi connectivity index (χ4n) is 3.04. The van der Waals surface area contributed by atoms with Crippen molar-refractivity contribution in [1.82, 2.24) is 5.32 Å². The van der Waals surface area contributed by atoms with Crippen LogP contribution in [0.15, 0.2) is 65.6 Å². The first-order valence-electron chi connectivity index (χ1n) is 9.16. The van der Waals surface area contributed by atoms with Crippen LogP contribution in [0.3, 0.4) is 0 Å². The van der Waals surface area contributed by atoms with Crippen molar-refractivity contribution in [3.63, 3.8) is 0 Å². The van der Waals surface area contributed by atoms with Gasteiger partial charge in [0, 0.05) is 12.6 Å². The first kappa shape index (κ1) is 22.5. The number of ether oxygens (including phenoxy) is 2. The third-order valence-electron chi connectivity index (χ3n) is 4.54. The molecule has 0 atom stereocenters. The van der Waals surface area contributed by atoms with Crippen molar-refractivity contribution >= 4 is 33.2 Å². The minimum atomic E-state index is -4.19. The molecule has 162 valence electrons. The summed E-state index contributed by atoms with van der Waals surface area (Å²) in [6.07, 6.45) is 0. The van der Waals surface area contributed by atoms with Crippen LogP contribution in [0.2, 0.25) is 5.02 Å². The summed E-state index contributed by atoms with van der Waals surface area (Å²) >= 11 is 6.19. The van der Waals surface area contributed by atoms with Crippen LogP contribution in [0, 0.1) is 0 Å². The molecule has 0 heterocycles. The van der Waals surface area contributed by atoms with Crippen molar-refractivity contribution < 1.29 is 22.7 Å². The van der Waals surface area contributed by atoms with Crippen LogP contribution in [-0.2, 0) is 10.0 Å². The van der Waals surface area contributed by atoms with Crippen molar-refractivity contribution in [2.75, 3.05) is 26.0 Å². The number of amides is 1. The highest BCUT2D eigenvalue weighted by Gasteiger charge is 2.25. The summed E-state index contributed by atoms with van der Waals surface area (Å²) in [5.74, 6) is -0.222. The first-order valence-corrected chi connectivity index (χ1v) is 11.0. The fourth-order valence-corrected chi connectivity index (χ4v) is 4.67. The molecule has 0 unspecified atom stereocenters. The fraction of sp³-hybridized carbons (Fsp3) is 0.136. The Morgan fingerprint density at radius 2 is 1.65 bits per heavy atom. The van der Waals surface area contributed by atoms with Crippen LogP contribution in [0.1, 0.15) is 10.4 Å². The molecule has 0 aliphatic rings. The lowest BCUT2D eigenvalue weighted by molar-refractivity contribution is 0.0963. The Bertz CT molecular complexity index is 1210. The number of hydrogen-bond acceptors (Lipinski definition) is 5. The number of carbonyl (C=O) groups excluding carboxylic acids is 1. The predicted molar refractivity (Wildman–Crippen MR) is 121 cm³/mol. The zero-order valence-electron chi connectivity index (χ0n) is 17.1. The third kappa shape index (κ3) is 4.76. The average molecular weight is 461 g/mol. The number of rotatable bonds is 7. The summed E-state index contributed by atoms with van der Waals surface area (Å²) in [6.45, 7) is 0. The molecule has 2 N–H and O–H groups in total. The van der Waals surface area contributed by atoms with E-state index < -0.39 is 15.9 Å². The van der Waals surface area contributed by atoms with Crippen LogP contribution in [0.25, 0.3) is 11.1 Å². The molecular formula is C22H21ClN2O5S. The predicted octanol–water partition coefficient (Wildman–Crippen LogP) is 4.18. The molecule has 0 bridgehead atoms. The van der Waals surface area contributed by atoms with E-state index in [4.69, 9.17) is 21.1 Å². The van der Waals surface area contributed by atoms with Crippen molar-refractivity contribution in [1.29, 1.82) is 0 Å². The van der Waals surface area contributed by atoms with Gasteiger partial charge >= 0.3 is 0 Å². The minimum absolute atomic E-state index is 0.00558. The number of carbonyl (C=O) groups is 1. The normalized spacial score (nSPS) is 11.0. The van der Waals surface area contributed by atoms with E-state index in [-0.39, 0.29) is 26.9 Å². The maximum absolute atomic E-state index is 13.3. The van der Waals surface area contributed by atoms with Crippen molar-refractivity contribution in [2.45, 2.75) is 4.90 Å². The number of sulfonamides is 1. The van der Waals surface area contributed by atoms with Gasteiger partial charge < -0.3 is 14.8 Å². The van der Waals surface area contributed by atoms with Gasteiger partial charge in [0.1, 0.15) is 10.6 Å². The maximum atomic E-state index is 13.3. The number of hydrogen-bond donors (Lipinski definition) is 2. The van der Waals surface area contributed by atoms with Gasteiger partial charge in [-0.1, -0.05) is 48.0 Å². The van der Waals surface area contributed by atoms with Gasteiger partial charge in [-0.2, -0.15) is 0 Å². The second-order valence-electron chi connectivity index (χ2n) is 6.46. The molecule has 1 amide bonds. The van der Waals surface area contributed by atoms with Gasteiger partial charge in [0.2, 0.25) is 0 Å². The molecule has 0 saturated carbocycles. The SMILES string of the molecule is CNC(=O)c1cc(Cl)c(OC)c(S(=O)(=O)Nc2cc(-c3ccccc3)ccc2OC)c1. The number of nitrogens with one attached hydrogen (secondary N) is 2. The number of anilines is 1. The molecule has 7 nitrogen and oxygen atoms in total. The Labute approximate surface area is 186 Å². The van der Waals surface area contributed by atoms with Crippen molar-refractivity contribution in [2.24, 2.45) is 0 Å². The molecule has 0 aromatic heterocycles. The van der Waals surface area contributed by atoms with E-state index in [1.54, 1.807) is 12.1 Å². The lowest BCUT2D eigenvalue weighted by Gasteiger charge is -2.16. The molecule has 31 heavy (non-hydrogen) atoms. The Kier molecular flexibility index (Phi) is 6.72. The highest BCUT2D eigenvalue weighted by Crippen LogP contribution is 2.37. The first-order chi connectivity index (χ1) is 14.8. The van der Waals surface area contributed by atoms with Gasteiger partial charge in [-0.05, 0) is 35.4 Å². The molecule has 0 aliphatic heterocycles. The average Bonchev–Trinajstić information content (AvgIpc) is 2.78. The van der Waals surface area contributed by atoms with Gasteiger partial charge in [0.05, 0.1) is 24.9 Å². The molecule has 0 saturated heterocycles. The zero-order valence-corrected chi connectivity index (χ0v) is 18.7. The molecule has 0 aliphatic carbocycles. The van der Waals surface area contributed by atoms with E-state index in [1.807, 2.05) is 36.4 Å². The maximum Gasteiger partial charge on any atom is 0.265 e. The van der Waals surface area contributed by atoms with Crippen LogP contribution < -0.4 is 19.5 Å². The van der Waals surface area contributed by atoms with Gasteiger partial charge in [0.25, 0.3) is 15.9 Å². The Balaban J connectivity index is 2.10. The number of methoxy groups -OCH3 is 2. The summed E-state index contributed by atoms with van der Waals surface area (Å²) < 4.78 is 39.6. The molecule has 0 radical (unpaired) electrons. The highest BCUT2D eigenvalue weighted by molar-refractivity contribution is 7.92. The number of benzene rings is 3. The molecule has 0 fully saturated rings. The molecule has 3 aromatic rings. The van der Waals surface area contributed by atoms with Crippen molar-refractivity contribution in [3.8, 4) is 22.6 Å². The van der Waals surface area contributed by atoms with Crippen LogP contribution in [0.4, 0.5) is 5.69 Å². The van der Waals surface area contributed by atoms with Crippen LogP contribution in [0.5, 0.6) is 11.5 Å². The Morgan fingerprint density at radius 3 is 2.26 bits per heavy atom. The lowest BCUT2D eigenvalue weighted by Crippen LogP contribution is -2.20.